The zero-order valence-corrected chi connectivity index (χ0v) is 13.2. The van der Waals surface area contributed by atoms with E-state index < -0.39 is 0 Å². The minimum atomic E-state index is -0.386. The van der Waals surface area contributed by atoms with Crippen LogP contribution in [-0.4, -0.2) is 31.8 Å². The maximum Gasteiger partial charge on any atom is 0.348 e. The van der Waals surface area contributed by atoms with E-state index >= 15 is 0 Å². The Hall–Kier alpha value is -2.44. The Morgan fingerprint density at radius 1 is 1.36 bits per heavy atom. The van der Waals surface area contributed by atoms with E-state index in [1.165, 1.54) is 4.57 Å². The van der Waals surface area contributed by atoms with Crippen molar-refractivity contribution in [3.05, 3.63) is 45.9 Å². The molecule has 0 radical (unpaired) electrons. The van der Waals surface area contributed by atoms with Crippen molar-refractivity contribution in [1.29, 1.82) is 0 Å². The first kappa shape index (κ1) is 15.9. The van der Waals surface area contributed by atoms with Gasteiger partial charge in [0, 0.05) is 31.2 Å². The number of rotatable bonds is 6. The maximum atomic E-state index is 11.9. The van der Waals surface area contributed by atoms with Gasteiger partial charge in [-0.2, -0.15) is 10.1 Å². The molecule has 2 aromatic heterocycles. The van der Waals surface area contributed by atoms with E-state index in [2.05, 4.69) is 15.4 Å². The lowest BCUT2D eigenvalue weighted by Crippen LogP contribution is -2.35. The summed E-state index contributed by atoms with van der Waals surface area (Å²) in [6.45, 7) is 4.13. The lowest BCUT2D eigenvalue weighted by molar-refractivity contribution is -0.121. The van der Waals surface area contributed by atoms with Crippen molar-refractivity contribution >= 4 is 5.91 Å². The number of hydrogen-bond donors (Lipinski definition) is 1. The predicted octanol–water partition coefficient (Wildman–Crippen LogP) is 0.343. The Labute approximate surface area is 129 Å². The van der Waals surface area contributed by atoms with E-state index in [1.54, 1.807) is 24.6 Å². The standard InChI is InChI=1S/C15H21N5O2/c1-11-7-12(2)20(15(22)18-11)10-14(21)16-6-4-5-13-8-17-19(3)9-13/h7-9H,4-6,10H2,1-3H3,(H,16,21). The van der Waals surface area contributed by atoms with Gasteiger partial charge in [0.15, 0.2) is 0 Å². The largest absolute Gasteiger partial charge is 0.355 e. The molecule has 0 aliphatic heterocycles. The average Bonchev–Trinajstić information content (AvgIpc) is 2.84. The second kappa shape index (κ2) is 7.02. The van der Waals surface area contributed by atoms with E-state index in [9.17, 15) is 9.59 Å². The number of aryl methyl sites for hydroxylation is 4. The molecule has 0 atom stereocenters. The lowest BCUT2D eigenvalue weighted by atomic mass is 10.2. The zero-order valence-electron chi connectivity index (χ0n) is 13.2. The van der Waals surface area contributed by atoms with Crippen LogP contribution in [0, 0.1) is 13.8 Å². The molecule has 0 aromatic carbocycles. The molecule has 1 amide bonds. The third-order valence-electron chi connectivity index (χ3n) is 3.37. The van der Waals surface area contributed by atoms with E-state index in [4.69, 9.17) is 0 Å². The molecule has 0 saturated carbocycles. The molecule has 0 aliphatic carbocycles. The summed E-state index contributed by atoms with van der Waals surface area (Å²) in [4.78, 5) is 27.5. The van der Waals surface area contributed by atoms with Gasteiger partial charge in [0.1, 0.15) is 6.54 Å². The molecule has 0 spiro atoms. The summed E-state index contributed by atoms with van der Waals surface area (Å²) in [7, 11) is 1.88. The first-order chi connectivity index (χ1) is 10.5. The zero-order chi connectivity index (χ0) is 16.1. The molecule has 2 rings (SSSR count). The molecule has 2 heterocycles. The fraction of sp³-hybridized carbons (Fsp3) is 0.467. The molecule has 0 bridgehead atoms. The molecule has 0 saturated heterocycles. The normalized spacial score (nSPS) is 10.7. The first-order valence-corrected chi connectivity index (χ1v) is 7.25. The predicted molar refractivity (Wildman–Crippen MR) is 82.5 cm³/mol. The molecule has 7 heteroatoms. The number of nitrogens with one attached hydrogen (secondary N) is 1. The molecule has 2 aromatic rings. The van der Waals surface area contributed by atoms with Crippen molar-refractivity contribution in [3.8, 4) is 0 Å². The SMILES string of the molecule is Cc1cc(C)n(CC(=O)NCCCc2cnn(C)c2)c(=O)n1. The number of hydrogen-bond acceptors (Lipinski definition) is 4. The van der Waals surface area contributed by atoms with Crippen LogP contribution in [0.5, 0.6) is 0 Å². The Morgan fingerprint density at radius 2 is 2.14 bits per heavy atom. The van der Waals surface area contributed by atoms with Crippen molar-refractivity contribution in [2.45, 2.75) is 33.2 Å². The highest BCUT2D eigenvalue weighted by molar-refractivity contribution is 5.75. The number of aromatic nitrogens is 4. The van der Waals surface area contributed by atoms with E-state index in [0.717, 1.165) is 24.1 Å². The number of carbonyl (C=O) groups is 1. The first-order valence-electron chi connectivity index (χ1n) is 7.25. The van der Waals surface area contributed by atoms with Crippen LogP contribution >= 0.6 is 0 Å². The van der Waals surface area contributed by atoms with Gasteiger partial charge >= 0.3 is 5.69 Å². The second-order valence-electron chi connectivity index (χ2n) is 5.38. The van der Waals surface area contributed by atoms with Gasteiger partial charge in [-0.25, -0.2) is 4.79 Å². The molecular weight excluding hydrogens is 282 g/mol. The van der Waals surface area contributed by atoms with Crippen LogP contribution in [0.2, 0.25) is 0 Å². The van der Waals surface area contributed by atoms with Crippen molar-refractivity contribution in [3.63, 3.8) is 0 Å². The van der Waals surface area contributed by atoms with Crippen LogP contribution in [0.1, 0.15) is 23.4 Å². The van der Waals surface area contributed by atoms with Gasteiger partial charge in [-0.05, 0) is 38.3 Å². The highest BCUT2D eigenvalue weighted by Crippen LogP contribution is 2.00. The van der Waals surface area contributed by atoms with Crippen LogP contribution in [-0.2, 0) is 24.8 Å². The van der Waals surface area contributed by atoms with E-state index in [1.807, 2.05) is 19.4 Å². The van der Waals surface area contributed by atoms with Gasteiger partial charge in [0.2, 0.25) is 5.91 Å². The minimum Gasteiger partial charge on any atom is -0.355 e. The van der Waals surface area contributed by atoms with Gasteiger partial charge < -0.3 is 5.32 Å². The fourth-order valence-electron chi connectivity index (χ4n) is 2.29. The topological polar surface area (TPSA) is 81.8 Å². The Morgan fingerprint density at radius 3 is 2.77 bits per heavy atom. The Kier molecular flexibility index (Phi) is 5.08. The van der Waals surface area contributed by atoms with Crippen LogP contribution in [0.25, 0.3) is 0 Å². The van der Waals surface area contributed by atoms with Crippen molar-refractivity contribution < 1.29 is 4.79 Å². The second-order valence-corrected chi connectivity index (χ2v) is 5.38. The van der Waals surface area contributed by atoms with Gasteiger partial charge in [0.05, 0.1) is 6.20 Å². The van der Waals surface area contributed by atoms with E-state index in [0.29, 0.717) is 12.2 Å². The van der Waals surface area contributed by atoms with Crippen LogP contribution in [0.15, 0.2) is 23.3 Å². The van der Waals surface area contributed by atoms with Gasteiger partial charge in [-0.3, -0.25) is 14.0 Å². The highest BCUT2D eigenvalue weighted by atomic mass is 16.2. The summed E-state index contributed by atoms with van der Waals surface area (Å²) >= 11 is 0. The van der Waals surface area contributed by atoms with Crippen molar-refractivity contribution in [2.75, 3.05) is 6.54 Å². The molecule has 7 nitrogen and oxygen atoms in total. The van der Waals surface area contributed by atoms with Crippen LogP contribution < -0.4 is 11.0 Å². The third-order valence-corrected chi connectivity index (χ3v) is 3.37. The van der Waals surface area contributed by atoms with Crippen LogP contribution in [0.4, 0.5) is 0 Å². The van der Waals surface area contributed by atoms with Crippen molar-refractivity contribution in [2.24, 2.45) is 7.05 Å². The summed E-state index contributed by atoms with van der Waals surface area (Å²) < 4.78 is 3.14. The average molecular weight is 303 g/mol. The quantitative estimate of drug-likeness (QED) is 0.780. The number of nitrogens with zero attached hydrogens (tertiary/aromatic N) is 4. The molecule has 0 fully saturated rings. The fourth-order valence-corrected chi connectivity index (χ4v) is 2.29. The minimum absolute atomic E-state index is 0.00480. The van der Waals surface area contributed by atoms with Gasteiger partial charge in [0.25, 0.3) is 0 Å². The highest BCUT2D eigenvalue weighted by Gasteiger charge is 2.08. The summed E-state index contributed by atoms with van der Waals surface area (Å²) in [5.41, 5.74) is 2.16. The third kappa shape index (κ3) is 4.28. The molecule has 22 heavy (non-hydrogen) atoms. The summed E-state index contributed by atoms with van der Waals surface area (Å²) in [6, 6.07) is 1.79. The Balaban J connectivity index is 1.80. The molecule has 0 unspecified atom stereocenters. The molecule has 0 aliphatic rings. The monoisotopic (exact) mass is 303 g/mol. The molecular formula is C15H21N5O2. The smallest absolute Gasteiger partial charge is 0.348 e. The number of carbonyl (C=O) groups excluding carboxylic acids is 1. The Bertz CT molecular complexity index is 717. The van der Waals surface area contributed by atoms with Crippen LogP contribution in [0.3, 0.4) is 0 Å². The molecule has 118 valence electrons. The van der Waals surface area contributed by atoms with Gasteiger partial charge in [-0.1, -0.05) is 0 Å². The number of amides is 1. The molecule has 1 N–H and O–H groups in total. The van der Waals surface area contributed by atoms with E-state index in [-0.39, 0.29) is 18.1 Å². The summed E-state index contributed by atoms with van der Waals surface area (Å²) in [6.07, 6.45) is 5.47. The lowest BCUT2D eigenvalue weighted by Gasteiger charge is -2.10. The summed E-state index contributed by atoms with van der Waals surface area (Å²) in [5, 5.41) is 6.92. The van der Waals surface area contributed by atoms with Gasteiger partial charge in [-0.15, -0.1) is 0 Å². The van der Waals surface area contributed by atoms with Crippen molar-refractivity contribution in [1.82, 2.24) is 24.6 Å². The summed E-state index contributed by atoms with van der Waals surface area (Å²) in [5.74, 6) is -0.179. The maximum absolute atomic E-state index is 11.9.